The van der Waals surface area contributed by atoms with Crippen molar-refractivity contribution in [1.82, 2.24) is 20.1 Å². The van der Waals surface area contributed by atoms with E-state index in [1.165, 1.54) is 17.3 Å². The number of halogens is 1. The molecule has 7 heteroatoms. The molecular formula is C22H25ClN4OS. The molecule has 3 aromatic rings. The van der Waals surface area contributed by atoms with Crippen molar-refractivity contribution in [2.75, 3.05) is 7.05 Å². The van der Waals surface area contributed by atoms with Crippen LogP contribution >= 0.6 is 23.4 Å². The standard InChI is InChI=1S/C22H25ClN4OS/c1-14(20(28)24-5)29-21-26-25-19(27(21)18-9-7-6-8-17(18)23)15-10-12-16(13-11-15)22(2,3)4/h6-14H,1-5H3,(H,24,28). The number of carbonyl (C=O) groups is 1. The van der Waals surface area contributed by atoms with Crippen LogP contribution in [0.2, 0.25) is 5.02 Å². The van der Waals surface area contributed by atoms with Crippen LogP contribution in [0.5, 0.6) is 0 Å². The number of rotatable bonds is 5. The largest absolute Gasteiger partial charge is 0.358 e. The fourth-order valence-corrected chi connectivity index (χ4v) is 4.06. The minimum atomic E-state index is -0.318. The lowest BCUT2D eigenvalue weighted by Crippen LogP contribution is -2.27. The first-order valence-corrected chi connectivity index (χ1v) is 10.7. The van der Waals surface area contributed by atoms with Gasteiger partial charge in [0.05, 0.1) is 16.0 Å². The monoisotopic (exact) mass is 428 g/mol. The van der Waals surface area contributed by atoms with Crippen LogP contribution in [0.1, 0.15) is 33.3 Å². The number of benzene rings is 2. The first-order chi connectivity index (χ1) is 13.7. The van der Waals surface area contributed by atoms with E-state index in [2.05, 4.69) is 60.6 Å². The number of thioether (sulfide) groups is 1. The average Bonchev–Trinajstić information content (AvgIpc) is 3.10. The maximum atomic E-state index is 12.0. The van der Waals surface area contributed by atoms with Gasteiger partial charge in [-0.05, 0) is 30.0 Å². The smallest absolute Gasteiger partial charge is 0.233 e. The van der Waals surface area contributed by atoms with Crippen molar-refractivity contribution in [2.45, 2.75) is 43.5 Å². The molecule has 1 N–H and O–H groups in total. The summed E-state index contributed by atoms with van der Waals surface area (Å²) in [6, 6.07) is 15.9. The molecule has 0 aliphatic heterocycles. The molecule has 5 nitrogen and oxygen atoms in total. The number of amides is 1. The summed E-state index contributed by atoms with van der Waals surface area (Å²) in [5.41, 5.74) is 3.03. The molecule has 0 bridgehead atoms. The first kappa shape index (κ1) is 21.4. The molecule has 0 fully saturated rings. The van der Waals surface area contributed by atoms with Gasteiger partial charge in [0.2, 0.25) is 5.91 Å². The lowest BCUT2D eigenvalue weighted by atomic mass is 9.87. The normalized spacial score (nSPS) is 12.6. The van der Waals surface area contributed by atoms with Crippen LogP contribution in [0.25, 0.3) is 17.1 Å². The van der Waals surface area contributed by atoms with Crippen LogP contribution in [0.4, 0.5) is 0 Å². The number of nitrogens with zero attached hydrogens (tertiary/aromatic N) is 3. The second-order valence-electron chi connectivity index (χ2n) is 7.79. The van der Waals surface area contributed by atoms with Crippen molar-refractivity contribution in [2.24, 2.45) is 0 Å². The van der Waals surface area contributed by atoms with Gasteiger partial charge in [-0.1, -0.05) is 80.5 Å². The highest BCUT2D eigenvalue weighted by molar-refractivity contribution is 8.00. The second kappa shape index (κ2) is 8.59. The molecule has 2 aromatic carbocycles. The summed E-state index contributed by atoms with van der Waals surface area (Å²) in [5, 5.41) is 12.4. The summed E-state index contributed by atoms with van der Waals surface area (Å²) in [7, 11) is 1.63. The van der Waals surface area contributed by atoms with Gasteiger partial charge in [0.1, 0.15) is 0 Å². The minimum absolute atomic E-state index is 0.0684. The number of para-hydroxylation sites is 1. The van der Waals surface area contributed by atoms with Crippen LogP contribution in [0.15, 0.2) is 53.7 Å². The van der Waals surface area contributed by atoms with E-state index in [9.17, 15) is 4.79 Å². The molecule has 152 valence electrons. The summed E-state index contributed by atoms with van der Waals surface area (Å²) in [6.07, 6.45) is 0. The third kappa shape index (κ3) is 4.65. The van der Waals surface area contributed by atoms with Crippen molar-refractivity contribution in [3.05, 3.63) is 59.1 Å². The van der Waals surface area contributed by atoms with Crippen molar-refractivity contribution in [3.63, 3.8) is 0 Å². The zero-order valence-corrected chi connectivity index (χ0v) is 18.8. The van der Waals surface area contributed by atoms with Gasteiger partial charge in [0.25, 0.3) is 0 Å². The zero-order chi connectivity index (χ0) is 21.2. The third-order valence-corrected chi connectivity index (χ3v) is 6.00. The van der Waals surface area contributed by atoms with E-state index in [0.29, 0.717) is 16.0 Å². The molecule has 3 rings (SSSR count). The van der Waals surface area contributed by atoms with Gasteiger partial charge < -0.3 is 5.32 Å². The molecule has 0 saturated carbocycles. The van der Waals surface area contributed by atoms with Gasteiger partial charge in [0, 0.05) is 12.6 Å². The Kier molecular flexibility index (Phi) is 6.34. The van der Waals surface area contributed by atoms with E-state index < -0.39 is 0 Å². The summed E-state index contributed by atoms with van der Waals surface area (Å²) in [4.78, 5) is 12.0. The van der Waals surface area contributed by atoms with Crippen LogP contribution in [0.3, 0.4) is 0 Å². The van der Waals surface area contributed by atoms with Crippen LogP contribution in [-0.4, -0.2) is 33.0 Å². The van der Waals surface area contributed by atoms with E-state index >= 15 is 0 Å². The predicted octanol–water partition coefficient (Wildman–Crippen LogP) is 5.11. The van der Waals surface area contributed by atoms with E-state index in [1.807, 2.05) is 35.8 Å². The Balaban J connectivity index is 2.10. The Labute approximate surface area is 180 Å². The SMILES string of the molecule is CNC(=O)C(C)Sc1nnc(-c2ccc(C(C)(C)C)cc2)n1-c1ccccc1Cl. The van der Waals surface area contributed by atoms with E-state index in [4.69, 9.17) is 11.6 Å². The second-order valence-corrected chi connectivity index (χ2v) is 9.51. The number of hydrogen-bond acceptors (Lipinski definition) is 4. The Morgan fingerprint density at radius 3 is 2.34 bits per heavy atom. The number of nitrogens with one attached hydrogen (secondary N) is 1. The fourth-order valence-electron chi connectivity index (χ4n) is 2.92. The highest BCUT2D eigenvalue weighted by Gasteiger charge is 2.23. The lowest BCUT2D eigenvalue weighted by molar-refractivity contribution is -0.119. The van der Waals surface area contributed by atoms with Crippen LogP contribution in [0, 0.1) is 0 Å². The number of aromatic nitrogens is 3. The molecule has 0 aliphatic carbocycles. The molecular weight excluding hydrogens is 404 g/mol. The van der Waals surface area contributed by atoms with Gasteiger partial charge in [-0.15, -0.1) is 10.2 Å². The third-order valence-electron chi connectivity index (χ3n) is 4.63. The zero-order valence-electron chi connectivity index (χ0n) is 17.2. The maximum absolute atomic E-state index is 12.0. The lowest BCUT2D eigenvalue weighted by Gasteiger charge is -2.19. The topological polar surface area (TPSA) is 59.8 Å². The van der Waals surface area contributed by atoms with E-state index in [-0.39, 0.29) is 16.6 Å². The molecule has 1 atom stereocenters. The molecule has 1 unspecified atom stereocenters. The summed E-state index contributed by atoms with van der Waals surface area (Å²) >= 11 is 7.84. The molecule has 1 heterocycles. The minimum Gasteiger partial charge on any atom is -0.358 e. The molecule has 0 radical (unpaired) electrons. The molecule has 1 aromatic heterocycles. The van der Waals surface area contributed by atoms with Gasteiger partial charge in [-0.25, -0.2) is 0 Å². The first-order valence-electron chi connectivity index (χ1n) is 9.42. The number of carbonyl (C=O) groups excluding carboxylic acids is 1. The van der Waals surface area contributed by atoms with Gasteiger partial charge in [-0.3, -0.25) is 9.36 Å². The summed E-state index contributed by atoms with van der Waals surface area (Å²) in [5.74, 6) is 0.616. The van der Waals surface area contributed by atoms with Crippen molar-refractivity contribution >= 4 is 29.3 Å². The van der Waals surface area contributed by atoms with Crippen LogP contribution < -0.4 is 5.32 Å². The Morgan fingerprint density at radius 2 is 1.76 bits per heavy atom. The highest BCUT2D eigenvalue weighted by atomic mass is 35.5. The summed E-state index contributed by atoms with van der Waals surface area (Å²) in [6.45, 7) is 8.39. The Hall–Kier alpha value is -2.31. The van der Waals surface area contributed by atoms with E-state index in [0.717, 1.165) is 11.3 Å². The number of hydrogen-bond donors (Lipinski definition) is 1. The van der Waals surface area contributed by atoms with Gasteiger partial charge in [-0.2, -0.15) is 0 Å². The van der Waals surface area contributed by atoms with Crippen molar-refractivity contribution in [1.29, 1.82) is 0 Å². The molecule has 29 heavy (non-hydrogen) atoms. The Morgan fingerprint density at radius 1 is 1.10 bits per heavy atom. The quantitative estimate of drug-likeness (QED) is 0.573. The average molecular weight is 429 g/mol. The molecule has 1 amide bonds. The van der Waals surface area contributed by atoms with Crippen LogP contribution in [-0.2, 0) is 10.2 Å². The predicted molar refractivity (Wildman–Crippen MR) is 120 cm³/mol. The molecule has 0 aliphatic rings. The fraction of sp³-hybridized carbons (Fsp3) is 0.318. The Bertz CT molecular complexity index is 1010. The molecule has 0 saturated heterocycles. The van der Waals surface area contributed by atoms with Gasteiger partial charge in [0.15, 0.2) is 11.0 Å². The summed E-state index contributed by atoms with van der Waals surface area (Å²) < 4.78 is 1.92. The van der Waals surface area contributed by atoms with E-state index in [1.54, 1.807) is 7.05 Å². The van der Waals surface area contributed by atoms with Crippen molar-refractivity contribution in [3.8, 4) is 17.1 Å². The van der Waals surface area contributed by atoms with Crippen molar-refractivity contribution < 1.29 is 4.79 Å². The maximum Gasteiger partial charge on any atom is 0.233 e. The molecule has 0 spiro atoms. The highest BCUT2D eigenvalue weighted by Crippen LogP contribution is 2.33. The van der Waals surface area contributed by atoms with Gasteiger partial charge >= 0.3 is 0 Å².